The number of aliphatic hydroxyl groups is 1. The van der Waals surface area contributed by atoms with Gasteiger partial charge in [0.15, 0.2) is 0 Å². The zero-order chi connectivity index (χ0) is 22.5. The molecule has 0 radical (unpaired) electrons. The number of aliphatic imine (C=N–C) groups is 1. The molecule has 11 heteroatoms. The largest absolute Gasteiger partial charge is 0.506 e. The van der Waals surface area contributed by atoms with Gasteiger partial charge in [-0.15, -0.1) is 0 Å². The Labute approximate surface area is 179 Å². The minimum absolute atomic E-state index is 0.0784. The predicted molar refractivity (Wildman–Crippen MR) is 115 cm³/mol. The van der Waals surface area contributed by atoms with Crippen LogP contribution < -0.4 is 0 Å². The number of hydrogen-bond acceptors (Lipinski definition) is 9. The molecule has 1 aliphatic heterocycles. The lowest BCUT2D eigenvalue weighted by molar-refractivity contribution is -0.385. The first kappa shape index (κ1) is 21.7. The quantitative estimate of drug-likeness (QED) is 0.386. The minimum Gasteiger partial charge on any atom is -0.506 e. The fourth-order valence-corrected chi connectivity index (χ4v) is 3.67. The Morgan fingerprint density at radius 1 is 1.13 bits per heavy atom. The average Bonchev–Trinajstić information content (AvgIpc) is 3.03. The van der Waals surface area contributed by atoms with Gasteiger partial charge in [-0.05, 0) is 30.7 Å². The molecule has 158 valence electrons. The van der Waals surface area contributed by atoms with Crippen LogP contribution in [-0.4, -0.2) is 32.6 Å². The van der Waals surface area contributed by atoms with Crippen molar-refractivity contribution in [2.75, 3.05) is 6.61 Å². The van der Waals surface area contributed by atoms with Crippen molar-refractivity contribution in [3.05, 3.63) is 90.6 Å². The molecule has 0 spiro atoms. The minimum atomic E-state index is -0.782. The summed E-state index contributed by atoms with van der Waals surface area (Å²) < 4.78 is 5.01. The molecule has 31 heavy (non-hydrogen) atoms. The third-order valence-corrected chi connectivity index (χ3v) is 5.06. The summed E-state index contributed by atoms with van der Waals surface area (Å²) in [4.78, 5) is 37.7. The maximum Gasteiger partial charge on any atom is 0.344 e. The first-order chi connectivity index (χ1) is 14.8. The summed E-state index contributed by atoms with van der Waals surface area (Å²) in [7, 11) is 0. The third kappa shape index (κ3) is 4.95. The van der Waals surface area contributed by atoms with Gasteiger partial charge >= 0.3 is 5.97 Å². The van der Waals surface area contributed by atoms with Crippen LogP contribution in [0.4, 0.5) is 17.1 Å². The first-order valence-electron chi connectivity index (χ1n) is 8.88. The van der Waals surface area contributed by atoms with E-state index in [1.54, 1.807) is 13.0 Å². The van der Waals surface area contributed by atoms with E-state index < -0.39 is 15.8 Å². The van der Waals surface area contributed by atoms with E-state index in [2.05, 4.69) is 4.99 Å². The summed E-state index contributed by atoms with van der Waals surface area (Å²) in [5.74, 6) is -1.15. The van der Waals surface area contributed by atoms with E-state index in [0.29, 0.717) is 11.3 Å². The molecular formula is C20H15N3O7S. The maximum atomic E-state index is 12.4. The summed E-state index contributed by atoms with van der Waals surface area (Å²) in [5.41, 5.74) is 0.397. The second-order valence-corrected chi connectivity index (χ2v) is 7.13. The number of thioether (sulfide) groups is 1. The van der Waals surface area contributed by atoms with Crippen LogP contribution in [0, 0.1) is 20.2 Å². The van der Waals surface area contributed by atoms with E-state index in [9.17, 15) is 30.1 Å². The molecule has 0 aromatic heterocycles. The van der Waals surface area contributed by atoms with Crippen LogP contribution in [0.25, 0.3) is 6.08 Å². The standard InChI is InChI=1S/C20H15N3O7S/c1-2-30-20(25)17-18(24)16(11-12-4-3-5-15(10-12)23(28)29)31-19(17)21-13-6-8-14(9-7-13)22(26)27/h3-11,24H,2H2,1H3. The molecular weight excluding hydrogens is 426 g/mol. The highest BCUT2D eigenvalue weighted by Crippen LogP contribution is 2.40. The molecule has 0 saturated heterocycles. The zero-order valence-corrected chi connectivity index (χ0v) is 16.9. The third-order valence-electron chi connectivity index (χ3n) is 4.04. The lowest BCUT2D eigenvalue weighted by atomic mass is 10.1. The van der Waals surface area contributed by atoms with E-state index in [-0.39, 0.29) is 39.3 Å². The van der Waals surface area contributed by atoms with Crippen molar-refractivity contribution in [2.45, 2.75) is 6.92 Å². The summed E-state index contributed by atoms with van der Waals surface area (Å²) in [6.45, 7) is 1.69. The van der Waals surface area contributed by atoms with E-state index in [1.807, 2.05) is 0 Å². The molecule has 0 bridgehead atoms. The summed E-state index contributed by atoms with van der Waals surface area (Å²) in [5, 5.41) is 32.6. The fourth-order valence-electron chi connectivity index (χ4n) is 2.64. The van der Waals surface area contributed by atoms with Gasteiger partial charge in [0, 0.05) is 24.3 Å². The molecule has 0 atom stereocenters. The second kappa shape index (κ2) is 9.22. The highest BCUT2D eigenvalue weighted by molar-refractivity contribution is 8.18. The molecule has 0 unspecified atom stereocenters. The van der Waals surface area contributed by atoms with Crippen molar-refractivity contribution in [1.29, 1.82) is 0 Å². The van der Waals surface area contributed by atoms with Crippen LogP contribution in [0.5, 0.6) is 0 Å². The van der Waals surface area contributed by atoms with Gasteiger partial charge in [-0.1, -0.05) is 23.9 Å². The molecule has 3 rings (SSSR count). The molecule has 2 aromatic carbocycles. The smallest absolute Gasteiger partial charge is 0.344 e. The Hall–Kier alpha value is -3.99. The van der Waals surface area contributed by atoms with E-state index in [4.69, 9.17) is 4.74 Å². The molecule has 1 aliphatic rings. The summed E-state index contributed by atoms with van der Waals surface area (Å²) >= 11 is 0.978. The van der Waals surface area contributed by atoms with Gasteiger partial charge in [-0.3, -0.25) is 20.2 Å². The number of nitrogens with zero attached hydrogens (tertiary/aromatic N) is 3. The number of hydrogen-bond donors (Lipinski definition) is 1. The normalized spacial score (nSPS) is 16.0. The van der Waals surface area contributed by atoms with Crippen molar-refractivity contribution in [3.8, 4) is 0 Å². The van der Waals surface area contributed by atoms with Gasteiger partial charge in [-0.2, -0.15) is 0 Å². The highest BCUT2D eigenvalue weighted by Gasteiger charge is 2.33. The monoisotopic (exact) mass is 441 g/mol. The number of nitro benzene ring substituents is 2. The second-order valence-electron chi connectivity index (χ2n) is 6.10. The Morgan fingerprint density at radius 2 is 1.81 bits per heavy atom. The van der Waals surface area contributed by atoms with Crippen LogP contribution in [-0.2, 0) is 9.53 Å². The number of non-ortho nitro benzene ring substituents is 2. The van der Waals surface area contributed by atoms with Crippen LogP contribution in [0.3, 0.4) is 0 Å². The van der Waals surface area contributed by atoms with Gasteiger partial charge in [0.1, 0.15) is 16.4 Å². The van der Waals surface area contributed by atoms with Gasteiger partial charge in [0.25, 0.3) is 11.4 Å². The van der Waals surface area contributed by atoms with Crippen molar-refractivity contribution in [1.82, 2.24) is 0 Å². The molecule has 1 N–H and O–H groups in total. The fraction of sp³-hybridized carbons (Fsp3) is 0.100. The Morgan fingerprint density at radius 3 is 2.42 bits per heavy atom. The van der Waals surface area contributed by atoms with Crippen LogP contribution >= 0.6 is 11.8 Å². The molecule has 2 aromatic rings. The summed E-state index contributed by atoms with van der Waals surface area (Å²) in [6.07, 6.45) is 1.49. The lowest BCUT2D eigenvalue weighted by Crippen LogP contribution is -2.12. The molecule has 10 nitrogen and oxygen atoms in total. The summed E-state index contributed by atoms with van der Waals surface area (Å²) in [6, 6.07) is 11.1. The van der Waals surface area contributed by atoms with Gasteiger partial charge in [0.2, 0.25) is 0 Å². The van der Waals surface area contributed by atoms with E-state index >= 15 is 0 Å². The first-order valence-corrected chi connectivity index (χ1v) is 9.70. The van der Waals surface area contributed by atoms with Crippen molar-refractivity contribution < 1.29 is 24.5 Å². The lowest BCUT2D eigenvalue weighted by Gasteiger charge is -2.03. The molecule has 0 aliphatic carbocycles. The Kier molecular flexibility index (Phi) is 6.46. The number of benzene rings is 2. The molecule has 0 saturated carbocycles. The van der Waals surface area contributed by atoms with Gasteiger partial charge in [-0.25, -0.2) is 9.79 Å². The van der Waals surface area contributed by atoms with Crippen LogP contribution in [0.1, 0.15) is 12.5 Å². The molecule has 0 amide bonds. The average molecular weight is 441 g/mol. The topological polar surface area (TPSA) is 145 Å². The number of aliphatic hydroxyl groups excluding tert-OH is 1. The van der Waals surface area contributed by atoms with Crippen LogP contribution in [0.2, 0.25) is 0 Å². The highest BCUT2D eigenvalue weighted by atomic mass is 32.2. The molecule has 0 fully saturated rings. The van der Waals surface area contributed by atoms with Gasteiger partial charge < -0.3 is 9.84 Å². The van der Waals surface area contributed by atoms with Crippen molar-refractivity contribution in [3.63, 3.8) is 0 Å². The Balaban J connectivity index is 2.02. The van der Waals surface area contributed by atoms with E-state index in [0.717, 1.165) is 11.8 Å². The van der Waals surface area contributed by atoms with E-state index in [1.165, 1.54) is 48.5 Å². The number of rotatable bonds is 6. The number of carbonyl (C=O) groups excluding carboxylic acids is 1. The molecule has 1 heterocycles. The number of ether oxygens (including phenoxy) is 1. The number of esters is 1. The van der Waals surface area contributed by atoms with Crippen LogP contribution in [0.15, 0.2) is 69.8 Å². The van der Waals surface area contributed by atoms with Crippen molar-refractivity contribution >= 4 is 45.9 Å². The Bertz CT molecular complexity index is 1150. The SMILES string of the molecule is CCOC(=O)C1=C(O)C(=Cc2cccc([N+](=O)[O-])c2)SC1=Nc1ccc([N+](=O)[O-])cc1. The maximum absolute atomic E-state index is 12.4. The number of carbonyl (C=O) groups is 1. The number of nitro groups is 2. The zero-order valence-electron chi connectivity index (χ0n) is 16.0. The van der Waals surface area contributed by atoms with Crippen molar-refractivity contribution in [2.24, 2.45) is 4.99 Å². The predicted octanol–water partition coefficient (Wildman–Crippen LogP) is 4.70. The van der Waals surface area contributed by atoms with Gasteiger partial charge in [0.05, 0.1) is 27.0 Å².